The first kappa shape index (κ1) is 17.7. The van der Waals surface area contributed by atoms with Crippen molar-refractivity contribution in [3.63, 3.8) is 0 Å². The molecule has 2 aromatic rings. The summed E-state index contributed by atoms with van der Waals surface area (Å²) in [6.07, 6.45) is 3.39. The summed E-state index contributed by atoms with van der Waals surface area (Å²) in [7, 11) is 0. The molecule has 0 saturated carbocycles. The lowest BCUT2D eigenvalue weighted by Gasteiger charge is -2.08. The lowest BCUT2D eigenvalue weighted by Crippen LogP contribution is -2.17. The predicted molar refractivity (Wildman–Crippen MR) is 97.5 cm³/mol. The van der Waals surface area contributed by atoms with Crippen molar-refractivity contribution >= 4 is 12.1 Å². The van der Waals surface area contributed by atoms with Crippen molar-refractivity contribution in [3.05, 3.63) is 65.7 Å². The maximum absolute atomic E-state index is 12.0. The Morgan fingerprint density at radius 2 is 1.83 bits per heavy atom. The van der Waals surface area contributed by atoms with Gasteiger partial charge in [0.15, 0.2) is 0 Å². The van der Waals surface area contributed by atoms with E-state index in [1.807, 2.05) is 42.5 Å². The van der Waals surface area contributed by atoms with Gasteiger partial charge in [0.2, 0.25) is 0 Å². The van der Waals surface area contributed by atoms with Gasteiger partial charge in [0.25, 0.3) is 5.91 Å². The second kappa shape index (κ2) is 9.50. The summed E-state index contributed by atoms with van der Waals surface area (Å²) in [5.41, 5.74) is 4.25. The van der Waals surface area contributed by atoms with Gasteiger partial charge in [-0.05, 0) is 42.2 Å². The Morgan fingerprint density at radius 3 is 2.50 bits per heavy atom. The van der Waals surface area contributed by atoms with E-state index in [0.717, 1.165) is 17.7 Å². The largest absolute Gasteiger partial charge is 0.494 e. The van der Waals surface area contributed by atoms with Crippen LogP contribution in [0, 0.1) is 5.92 Å². The first-order valence-electron chi connectivity index (χ1n) is 8.24. The minimum Gasteiger partial charge on any atom is -0.494 e. The molecule has 2 rings (SSSR count). The number of rotatable bonds is 8. The summed E-state index contributed by atoms with van der Waals surface area (Å²) in [6.45, 7) is 5.01. The van der Waals surface area contributed by atoms with E-state index in [0.29, 0.717) is 24.5 Å². The summed E-state index contributed by atoms with van der Waals surface area (Å²) in [4.78, 5) is 12.0. The smallest absolute Gasteiger partial charge is 0.271 e. The zero-order valence-electron chi connectivity index (χ0n) is 14.2. The summed E-state index contributed by atoms with van der Waals surface area (Å²) in [5, 5.41) is 3.98. The fourth-order valence-electron chi connectivity index (χ4n) is 2.05. The molecule has 0 fully saturated rings. The Hall–Kier alpha value is -2.62. The third kappa shape index (κ3) is 6.24. The van der Waals surface area contributed by atoms with Crippen LogP contribution in [0.3, 0.4) is 0 Å². The van der Waals surface area contributed by atoms with E-state index in [9.17, 15) is 4.79 Å². The SMILES string of the molecule is CC(C)CCOc1ccc(C(=O)N/N=C/Cc2ccccc2)cc1. The molecule has 0 radical (unpaired) electrons. The predicted octanol–water partition coefficient (Wildman–Crippen LogP) is 4.07. The molecule has 24 heavy (non-hydrogen) atoms. The lowest BCUT2D eigenvalue weighted by atomic mass is 10.1. The molecule has 0 bridgehead atoms. The van der Waals surface area contributed by atoms with E-state index >= 15 is 0 Å². The van der Waals surface area contributed by atoms with Crippen molar-refractivity contribution < 1.29 is 9.53 Å². The highest BCUT2D eigenvalue weighted by molar-refractivity contribution is 5.94. The Balaban J connectivity index is 1.77. The Labute approximate surface area is 143 Å². The van der Waals surface area contributed by atoms with Gasteiger partial charge < -0.3 is 4.74 Å². The summed E-state index contributed by atoms with van der Waals surface area (Å²) in [5.74, 6) is 1.16. The van der Waals surface area contributed by atoms with Crippen LogP contribution in [0.2, 0.25) is 0 Å². The van der Waals surface area contributed by atoms with Crippen molar-refractivity contribution in [2.24, 2.45) is 11.0 Å². The van der Waals surface area contributed by atoms with Gasteiger partial charge in [-0.1, -0.05) is 44.2 Å². The standard InChI is InChI=1S/C20H24N2O2/c1-16(2)13-15-24-19-10-8-18(9-11-19)20(23)22-21-14-12-17-6-4-3-5-7-17/h3-11,14,16H,12-13,15H2,1-2H3,(H,22,23)/b21-14+. The molecule has 1 N–H and O–H groups in total. The maximum Gasteiger partial charge on any atom is 0.271 e. The molecule has 0 heterocycles. The molecule has 4 heteroatoms. The van der Waals surface area contributed by atoms with Gasteiger partial charge in [0, 0.05) is 18.2 Å². The molecular weight excluding hydrogens is 300 g/mol. The molecule has 126 valence electrons. The minimum atomic E-state index is -0.229. The first-order valence-corrected chi connectivity index (χ1v) is 8.24. The van der Waals surface area contributed by atoms with Crippen LogP contribution in [0.5, 0.6) is 5.75 Å². The number of carbonyl (C=O) groups is 1. The summed E-state index contributed by atoms with van der Waals surface area (Å²) in [6, 6.07) is 17.1. The van der Waals surface area contributed by atoms with E-state index < -0.39 is 0 Å². The van der Waals surface area contributed by atoms with Gasteiger partial charge in [0.1, 0.15) is 5.75 Å². The van der Waals surface area contributed by atoms with Crippen molar-refractivity contribution in [1.82, 2.24) is 5.43 Å². The number of amides is 1. The Kier molecular flexibility index (Phi) is 7.02. The van der Waals surface area contributed by atoms with Crippen molar-refractivity contribution in [3.8, 4) is 5.75 Å². The number of nitrogens with one attached hydrogen (secondary N) is 1. The average Bonchev–Trinajstić information content (AvgIpc) is 2.60. The molecule has 0 aliphatic heterocycles. The molecule has 0 unspecified atom stereocenters. The molecule has 0 aliphatic carbocycles. The normalized spacial score (nSPS) is 11.0. The fraction of sp³-hybridized carbons (Fsp3) is 0.300. The van der Waals surface area contributed by atoms with Gasteiger partial charge in [-0.3, -0.25) is 4.79 Å². The zero-order chi connectivity index (χ0) is 17.2. The summed E-state index contributed by atoms with van der Waals surface area (Å²) < 4.78 is 5.64. The monoisotopic (exact) mass is 324 g/mol. The van der Waals surface area contributed by atoms with Crippen LogP contribution >= 0.6 is 0 Å². The number of carbonyl (C=O) groups excluding carboxylic acids is 1. The highest BCUT2D eigenvalue weighted by Crippen LogP contribution is 2.13. The third-order valence-corrected chi connectivity index (χ3v) is 3.51. The quantitative estimate of drug-likeness (QED) is 0.588. The fourth-order valence-corrected chi connectivity index (χ4v) is 2.05. The number of hydrazone groups is 1. The van der Waals surface area contributed by atoms with Crippen molar-refractivity contribution in [2.75, 3.05) is 6.61 Å². The van der Waals surface area contributed by atoms with Crippen molar-refractivity contribution in [1.29, 1.82) is 0 Å². The molecule has 0 aromatic heterocycles. The molecule has 4 nitrogen and oxygen atoms in total. The van der Waals surface area contributed by atoms with Crippen LogP contribution in [0.1, 0.15) is 36.2 Å². The van der Waals surface area contributed by atoms with Gasteiger partial charge in [0.05, 0.1) is 6.61 Å². The second-order valence-corrected chi connectivity index (χ2v) is 6.00. The highest BCUT2D eigenvalue weighted by Gasteiger charge is 2.04. The van der Waals surface area contributed by atoms with Gasteiger partial charge >= 0.3 is 0 Å². The topological polar surface area (TPSA) is 50.7 Å². The molecule has 2 aromatic carbocycles. The lowest BCUT2D eigenvalue weighted by molar-refractivity contribution is 0.0955. The number of hydrogen-bond donors (Lipinski definition) is 1. The number of hydrogen-bond acceptors (Lipinski definition) is 3. The average molecular weight is 324 g/mol. The second-order valence-electron chi connectivity index (χ2n) is 6.00. The Morgan fingerprint density at radius 1 is 1.12 bits per heavy atom. The zero-order valence-corrected chi connectivity index (χ0v) is 14.2. The van der Waals surface area contributed by atoms with E-state index in [1.54, 1.807) is 18.3 Å². The Bertz CT molecular complexity index is 649. The van der Waals surface area contributed by atoms with Crippen LogP contribution in [0.15, 0.2) is 59.7 Å². The van der Waals surface area contributed by atoms with Gasteiger partial charge in [-0.25, -0.2) is 5.43 Å². The van der Waals surface area contributed by atoms with Crippen LogP contribution in [0.4, 0.5) is 0 Å². The number of nitrogens with zero attached hydrogens (tertiary/aromatic N) is 1. The maximum atomic E-state index is 12.0. The number of benzene rings is 2. The van der Waals surface area contributed by atoms with Crippen LogP contribution < -0.4 is 10.2 Å². The number of ether oxygens (including phenoxy) is 1. The van der Waals surface area contributed by atoms with E-state index in [-0.39, 0.29) is 5.91 Å². The van der Waals surface area contributed by atoms with Crippen LogP contribution in [-0.4, -0.2) is 18.7 Å². The van der Waals surface area contributed by atoms with E-state index in [2.05, 4.69) is 24.4 Å². The van der Waals surface area contributed by atoms with E-state index in [4.69, 9.17) is 4.74 Å². The van der Waals surface area contributed by atoms with Crippen LogP contribution in [-0.2, 0) is 6.42 Å². The molecule has 0 spiro atoms. The minimum absolute atomic E-state index is 0.229. The summed E-state index contributed by atoms with van der Waals surface area (Å²) >= 11 is 0. The first-order chi connectivity index (χ1) is 11.6. The van der Waals surface area contributed by atoms with Gasteiger partial charge in [-0.2, -0.15) is 5.10 Å². The van der Waals surface area contributed by atoms with Gasteiger partial charge in [-0.15, -0.1) is 0 Å². The van der Waals surface area contributed by atoms with Crippen LogP contribution in [0.25, 0.3) is 0 Å². The molecule has 1 amide bonds. The highest BCUT2D eigenvalue weighted by atomic mass is 16.5. The third-order valence-electron chi connectivity index (χ3n) is 3.51. The molecule has 0 atom stereocenters. The van der Waals surface area contributed by atoms with Crippen molar-refractivity contribution in [2.45, 2.75) is 26.7 Å². The molecular formula is C20H24N2O2. The van der Waals surface area contributed by atoms with E-state index in [1.165, 1.54) is 0 Å². The molecule has 0 aliphatic rings. The molecule has 0 saturated heterocycles.